The Bertz CT molecular complexity index is 774. The normalized spacial score (nSPS) is 12.9. The molecule has 8 nitrogen and oxygen atoms in total. The van der Waals surface area contributed by atoms with Gasteiger partial charge in [-0.2, -0.15) is 0 Å². The first-order valence-corrected chi connectivity index (χ1v) is 7.65. The van der Waals surface area contributed by atoms with Crippen LogP contribution in [0.25, 0.3) is 0 Å². The summed E-state index contributed by atoms with van der Waals surface area (Å²) in [5.41, 5.74) is 0.374. The fourth-order valence-electron chi connectivity index (χ4n) is 2.36. The number of benzene rings is 2. The Kier molecular flexibility index (Phi) is 6.26. The molecule has 0 aromatic heterocycles. The molecule has 2 aromatic carbocycles. The topological polar surface area (TPSA) is 126 Å². The molecule has 0 radical (unpaired) electrons. The van der Waals surface area contributed by atoms with Gasteiger partial charge in [-0.25, -0.2) is 4.79 Å². The fourth-order valence-corrected chi connectivity index (χ4v) is 2.36. The SMILES string of the molecule is COc1cc([C@@H](O)[C@@H](CO)Oc2ccc(C(=O)O)cc2OC)ccc1O. The molecule has 0 bridgehead atoms. The molecular weight excluding hydrogens is 344 g/mol. The van der Waals surface area contributed by atoms with Gasteiger partial charge in [0.05, 0.1) is 26.4 Å². The Hall–Kier alpha value is -2.97. The van der Waals surface area contributed by atoms with E-state index in [4.69, 9.17) is 19.3 Å². The molecule has 0 spiro atoms. The maximum Gasteiger partial charge on any atom is 0.335 e. The van der Waals surface area contributed by atoms with E-state index in [1.807, 2.05) is 0 Å². The minimum atomic E-state index is -1.24. The number of carboxylic acid groups (broad SMARTS) is 1. The van der Waals surface area contributed by atoms with E-state index in [1.54, 1.807) is 0 Å². The second kappa shape index (κ2) is 8.41. The van der Waals surface area contributed by atoms with Crippen molar-refractivity contribution in [1.82, 2.24) is 0 Å². The van der Waals surface area contributed by atoms with Crippen molar-refractivity contribution in [3.8, 4) is 23.0 Å². The van der Waals surface area contributed by atoms with Crippen LogP contribution in [0.15, 0.2) is 36.4 Å². The zero-order chi connectivity index (χ0) is 19.3. The zero-order valence-corrected chi connectivity index (χ0v) is 14.2. The summed E-state index contributed by atoms with van der Waals surface area (Å²) in [6, 6.07) is 8.24. The Morgan fingerprint density at radius 3 is 2.31 bits per heavy atom. The van der Waals surface area contributed by atoms with E-state index in [9.17, 15) is 20.1 Å². The van der Waals surface area contributed by atoms with Crippen molar-refractivity contribution in [1.29, 1.82) is 0 Å². The summed E-state index contributed by atoms with van der Waals surface area (Å²) in [7, 11) is 2.73. The van der Waals surface area contributed by atoms with Crippen LogP contribution in [0.5, 0.6) is 23.0 Å². The molecule has 0 amide bonds. The van der Waals surface area contributed by atoms with Gasteiger partial charge < -0.3 is 34.6 Å². The Labute approximate surface area is 149 Å². The van der Waals surface area contributed by atoms with Crippen LogP contribution in [0, 0.1) is 0 Å². The minimum Gasteiger partial charge on any atom is -0.504 e. The summed E-state index contributed by atoms with van der Waals surface area (Å²) in [6.07, 6.45) is -2.30. The number of aromatic carboxylic acids is 1. The molecule has 0 saturated heterocycles. The van der Waals surface area contributed by atoms with Gasteiger partial charge in [-0.15, -0.1) is 0 Å². The lowest BCUT2D eigenvalue weighted by Crippen LogP contribution is -2.29. The van der Waals surface area contributed by atoms with Crippen LogP contribution in [0.4, 0.5) is 0 Å². The van der Waals surface area contributed by atoms with Crippen LogP contribution in [0.2, 0.25) is 0 Å². The molecule has 2 aromatic rings. The van der Waals surface area contributed by atoms with E-state index in [0.717, 1.165) is 0 Å². The third-order valence-electron chi connectivity index (χ3n) is 3.77. The van der Waals surface area contributed by atoms with Gasteiger partial charge >= 0.3 is 5.97 Å². The van der Waals surface area contributed by atoms with Crippen molar-refractivity contribution >= 4 is 5.97 Å². The van der Waals surface area contributed by atoms with Crippen molar-refractivity contribution < 1.29 is 39.4 Å². The molecule has 4 N–H and O–H groups in total. The maximum atomic E-state index is 11.0. The van der Waals surface area contributed by atoms with Crippen LogP contribution >= 0.6 is 0 Å². The standard InChI is InChI=1S/C18H20O8/c1-24-14-7-10(3-5-12(14)20)17(21)16(9-19)26-13-6-4-11(18(22)23)8-15(13)25-2/h3-8,16-17,19-21H,9H2,1-2H3,(H,22,23)/t16-,17-/m1/s1. The number of aromatic hydroxyl groups is 1. The monoisotopic (exact) mass is 364 g/mol. The molecule has 0 aliphatic carbocycles. The summed E-state index contributed by atoms with van der Waals surface area (Å²) in [6.45, 7) is -0.520. The number of carboxylic acids is 1. The Morgan fingerprint density at radius 1 is 1.04 bits per heavy atom. The predicted octanol–water partition coefficient (Wildman–Crippen LogP) is 1.58. The zero-order valence-electron chi connectivity index (χ0n) is 14.2. The molecule has 0 saturated carbocycles. The van der Waals surface area contributed by atoms with Crippen molar-refractivity contribution in [3.63, 3.8) is 0 Å². The van der Waals surface area contributed by atoms with Crippen molar-refractivity contribution in [2.45, 2.75) is 12.2 Å². The van der Waals surface area contributed by atoms with E-state index in [-0.39, 0.29) is 28.6 Å². The summed E-state index contributed by atoms with van der Waals surface area (Å²) in [5, 5.41) is 38.8. The second-order valence-corrected chi connectivity index (χ2v) is 5.39. The van der Waals surface area contributed by atoms with Gasteiger partial charge in [0.25, 0.3) is 0 Å². The summed E-state index contributed by atoms with van der Waals surface area (Å²) >= 11 is 0. The van der Waals surface area contributed by atoms with E-state index in [1.165, 1.54) is 50.6 Å². The van der Waals surface area contributed by atoms with Gasteiger partial charge in [0.15, 0.2) is 29.1 Å². The highest BCUT2D eigenvalue weighted by atomic mass is 16.5. The fraction of sp³-hybridized carbons (Fsp3) is 0.278. The van der Waals surface area contributed by atoms with Crippen molar-refractivity contribution in [2.75, 3.05) is 20.8 Å². The van der Waals surface area contributed by atoms with Gasteiger partial charge in [-0.1, -0.05) is 6.07 Å². The van der Waals surface area contributed by atoms with Gasteiger partial charge in [-0.05, 0) is 35.9 Å². The number of hydrogen-bond acceptors (Lipinski definition) is 7. The van der Waals surface area contributed by atoms with E-state index in [0.29, 0.717) is 5.56 Å². The Balaban J connectivity index is 2.27. The number of aliphatic hydroxyl groups excluding tert-OH is 2. The van der Waals surface area contributed by atoms with Crippen molar-refractivity contribution in [3.05, 3.63) is 47.5 Å². The van der Waals surface area contributed by atoms with Crippen LogP contribution in [0.1, 0.15) is 22.0 Å². The highest BCUT2D eigenvalue weighted by Gasteiger charge is 2.25. The number of phenols is 1. The highest BCUT2D eigenvalue weighted by Crippen LogP contribution is 2.33. The molecule has 2 atom stereocenters. The average Bonchev–Trinajstić information content (AvgIpc) is 2.65. The van der Waals surface area contributed by atoms with Gasteiger partial charge in [0.1, 0.15) is 6.10 Å². The van der Waals surface area contributed by atoms with Crippen LogP contribution in [-0.2, 0) is 0 Å². The third-order valence-corrected chi connectivity index (χ3v) is 3.77. The highest BCUT2D eigenvalue weighted by molar-refractivity contribution is 5.88. The number of hydrogen-bond donors (Lipinski definition) is 4. The third kappa shape index (κ3) is 4.16. The van der Waals surface area contributed by atoms with Gasteiger partial charge in [0.2, 0.25) is 0 Å². The molecule has 0 fully saturated rings. The van der Waals surface area contributed by atoms with Crippen molar-refractivity contribution in [2.24, 2.45) is 0 Å². The second-order valence-electron chi connectivity index (χ2n) is 5.39. The van der Waals surface area contributed by atoms with Crippen LogP contribution in [0.3, 0.4) is 0 Å². The molecule has 0 aliphatic rings. The molecular formula is C18H20O8. The van der Waals surface area contributed by atoms with E-state index in [2.05, 4.69) is 0 Å². The lowest BCUT2D eigenvalue weighted by atomic mass is 10.0. The lowest BCUT2D eigenvalue weighted by molar-refractivity contribution is -0.000540. The lowest BCUT2D eigenvalue weighted by Gasteiger charge is -2.24. The number of phenolic OH excluding ortho intramolecular Hbond substituents is 1. The smallest absolute Gasteiger partial charge is 0.335 e. The number of methoxy groups -OCH3 is 2. The summed E-state index contributed by atoms with van der Waals surface area (Å²) < 4.78 is 15.7. The molecule has 0 unspecified atom stereocenters. The number of rotatable bonds is 8. The first kappa shape index (κ1) is 19.4. The van der Waals surface area contributed by atoms with Gasteiger partial charge in [0, 0.05) is 0 Å². The van der Waals surface area contributed by atoms with E-state index >= 15 is 0 Å². The predicted molar refractivity (Wildman–Crippen MR) is 91.1 cm³/mol. The van der Waals surface area contributed by atoms with Crippen LogP contribution in [-0.4, -0.2) is 53.3 Å². The number of carbonyl (C=O) groups is 1. The van der Waals surface area contributed by atoms with Crippen LogP contribution < -0.4 is 14.2 Å². The molecule has 0 aliphatic heterocycles. The molecule has 2 rings (SSSR count). The number of ether oxygens (including phenoxy) is 3. The maximum absolute atomic E-state index is 11.0. The number of aliphatic hydroxyl groups is 2. The minimum absolute atomic E-state index is 0.0126. The summed E-state index contributed by atoms with van der Waals surface area (Å²) in [4.78, 5) is 11.0. The first-order valence-electron chi connectivity index (χ1n) is 7.65. The first-order chi connectivity index (χ1) is 12.4. The van der Waals surface area contributed by atoms with Gasteiger partial charge in [-0.3, -0.25) is 0 Å². The average molecular weight is 364 g/mol. The largest absolute Gasteiger partial charge is 0.504 e. The molecule has 140 valence electrons. The Morgan fingerprint density at radius 2 is 1.73 bits per heavy atom. The summed E-state index contributed by atoms with van der Waals surface area (Å²) in [5.74, 6) is -0.720. The quantitative estimate of drug-likeness (QED) is 0.556. The molecule has 8 heteroatoms. The van der Waals surface area contributed by atoms with E-state index < -0.39 is 24.8 Å². The molecule has 26 heavy (non-hydrogen) atoms. The molecule has 0 heterocycles.